The van der Waals surface area contributed by atoms with Gasteiger partial charge >= 0.3 is 0 Å². The Bertz CT molecular complexity index is 313. The highest BCUT2D eigenvalue weighted by atomic mass is 15.5. The predicted octanol–water partition coefficient (Wildman–Crippen LogP) is -1.63. The molecule has 15 heavy (non-hydrogen) atoms. The molecule has 0 amide bonds. The number of nitrogens with two attached hydrogens (primary N) is 2. The van der Waals surface area contributed by atoms with E-state index in [2.05, 4.69) is 20.4 Å². The molecule has 0 spiro atoms. The molecule has 0 radical (unpaired) electrons. The molecule has 2 rings (SSSR count). The molecule has 0 saturated carbocycles. The molecule has 0 atom stereocenters. The van der Waals surface area contributed by atoms with Crippen LogP contribution in [0.1, 0.15) is 12.2 Å². The highest BCUT2D eigenvalue weighted by Gasteiger charge is 2.13. The third kappa shape index (κ3) is 2.37. The van der Waals surface area contributed by atoms with Crippen LogP contribution in [-0.2, 0) is 6.54 Å². The number of nitrogen functional groups attached to an aromatic ring is 2. The van der Waals surface area contributed by atoms with Crippen LogP contribution in [0.4, 0.5) is 5.95 Å². The van der Waals surface area contributed by atoms with Crippen molar-refractivity contribution in [2.45, 2.75) is 13.0 Å². The number of anilines is 1. The summed E-state index contributed by atoms with van der Waals surface area (Å²) < 4.78 is 1.35. The van der Waals surface area contributed by atoms with Crippen molar-refractivity contribution in [3.05, 3.63) is 5.82 Å². The van der Waals surface area contributed by atoms with Gasteiger partial charge in [-0.1, -0.05) is 0 Å². The number of nitrogens with one attached hydrogen (secondary N) is 1. The topological polar surface area (TPSA) is 98.0 Å². The van der Waals surface area contributed by atoms with Crippen molar-refractivity contribution in [3.63, 3.8) is 0 Å². The van der Waals surface area contributed by atoms with Crippen LogP contribution in [0.5, 0.6) is 0 Å². The molecule has 7 nitrogen and oxygen atoms in total. The molecule has 1 saturated heterocycles. The third-order valence-electron chi connectivity index (χ3n) is 2.59. The van der Waals surface area contributed by atoms with Gasteiger partial charge in [-0.15, -0.1) is 10.2 Å². The minimum Gasteiger partial charge on any atom is -0.366 e. The smallest absolute Gasteiger partial charge is 0.240 e. The summed E-state index contributed by atoms with van der Waals surface area (Å²) in [5, 5.41) is 11.0. The van der Waals surface area contributed by atoms with E-state index in [1.807, 2.05) is 0 Å². The van der Waals surface area contributed by atoms with Gasteiger partial charge in [0.25, 0.3) is 0 Å². The largest absolute Gasteiger partial charge is 0.366 e. The molecular formula is C8H17N7. The quantitative estimate of drug-likeness (QED) is 0.508. The summed E-state index contributed by atoms with van der Waals surface area (Å²) in [6.07, 6.45) is 1.15. The Morgan fingerprint density at radius 2 is 2.13 bits per heavy atom. The molecule has 0 aliphatic carbocycles. The fourth-order valence-electron chi connectivity index (χ4n) is 1.71. The average molecular weight is 211 g/mol. The van der Waals surface area contributed by atoms with Crippen molar-refractivity contribution < 1.29 is 0 Å². The van der Waals surface area contributed by atoms with E-state index < -0.39 is 0 Å². The van der Waals surface area contributed by atoms with Crippen LogP contribution in [0, 0.1) is 0 Å². The lowest BCUT2D eigenvalue weighted by Crippen LogP contribution is -2.30. The standard InChI is InChI=1S/C8H17N7/c9-8-13-12-7(15(8)10)6-14-4-1-2-11-3-5-14/h11H,1-6,10H2,(H2,9,13). The van der Waals surface area contributed by atoms with Gasteiger partial charge in [-0.3, -0.25) is 4.90 Å². The first-order valence-corrected chi connectivity index (χ1v) is 5.15. The van der Waals surface area contributed by atoms with Gasteiger partial charge in [0.2, 0.25) is 5.95 Å². The second-order valence-corrected chi connectivity index (χ2v) is 3.72. The zero-order valence-corrected chi connectivity index (χ0v) is 8.69. The number of hydrogen-bond acceptors (Lipinski definition) is 6. The Balaban J connectivity index is 1.98. The third-order valence-corrected chi connectivity index (χ3v) is 2.59. The Kier molecular flexibility index (Phi) is 3.02. The van der Waals surface area contributed by atoms with Gasteiger partial charge < -0.3 is 16.9 Å². The maximum atomic E-state index is 5.68. The summed E-state index contributed by atoms with van der Waals surface area (Å²) in [6, 6.07) is 0. The van der Waals surface area contributed by atoms with Crippen molar-refractivity contribution in [2.75, 3.05) is 37.8 Å². The molecule has 84 valence electrons. The molecule has 0 bridgehead atoms. The predicted molar refractivity (Wildman–Crippen MR) is 57.3 cm³/mol. The SMILES string of the molecule is Nc1nnc(CN2CCCNCC2)n1N. The molecule has 0 unspecified atom stereocenters. The minimum atomic E-state index is 0.262. The minimum absolute atomic E-state index is 0.262. The summed E-state index contributed by atoms with van der Waals surface area (Å²) in [5.74, 6) is 6.66. The van der Waals surface area contributed by atoms with Crippen molar-refractivity contribution in [1.29, 1.82) is 0 Å². The number of hydrogen-bond donors (Lipinski definition) is 3. The Morgan fingerprint density at radius 3 is 2.87 bits per heavy atom. The van der Waals surface area contributed by atoms with Crippen LogP contribution < -0.4 is 16.9 Å². The lowest BCUT2D eigenvalue weighted by Gasteiger charge is -2.18. The zero-order chi connectivity index (χ0) is 10.7. The fraction of sp³-hybridized carbons (Fsp3) is 0.750. The summed E-state index contributed by atoms with van der Waals surface area (Å²) in [6.45, 7) is 4.86. The van der Waals surface area contributed by atoms with Gasteiger partial charge in [-0.2, -0.15) is 0 Å². The maximum absolute atomic E-state index is 5.68. The van der Waals surface area contributed by atoms with Crippen LogP contribution in [0.3, 0.4) is 0 Å². The second kappa shape index (κ2) is 4.45. The number of aromatic nitrogens is 3. The maximum Gasteiger partial charge on any atom is 0.240 e. The lowest BCUT2D eigenvalue weighted by atomic mass is 10.4. The highest BCUT2D eigenvalue weighted by molar-refractivity contribution is 5.16. The van der Waals surface area contributed by atoms with E-state index in [9.17, 15) is 0 Å². The van der Waals surface area contributed by atoms with E-state index in [1.54, 1.807) is 0 Å². The van der Waals surface area contributed by atoms with E-state index in [4.69, 9.17) is 11.6 Å². The van der Waals surface area contributed by atoms with Gasteiger partial charge in [0.05, 0.1) is 6.54 Å². The fourth-order valence-corrected chi connectivity index (χ4v) is 1.71. The summed E-state index contributed by atoms with van der Waals surface area (Å²) in [4.78, 5) is 2.30. The van der Waals surface area contributed by atoms with Crippen LogP contribution in [0.25, 0.3) is 0 Å². The van der Waals surface area contributed by atoms with Crippen LogP contribution in [0.2, 0.25) is 0 Å². The first-order chi connectivity index (χ1) is 7.27. The molecule has 7 heteroatoms. The van der Waals surface area contributed by atoms with Gasteiger partial charge in [0.15, 0.2) is 5.82 Å². The van der Waals surface area contributed by atoms with Gasteiger partial charge in [0.1, 0.15) is 0 Å². The second-order valence-electron chi connectivity index (χ2n) is 3.72. The summed E-state index contributed by atoms with van der Waals surface area (Å²) >= 11 is 0. The first-order valence-electron chi connectivity index (χ1n) is 5.15. The first kappa shape index (κ1) is 10.2. The molecule has 2 heterocycles. The van der Waals surface area contributed by atoms with Crippen molar-refractivity contribution >= 4 is 5.95 Å². The monoisotopic (exact) mass is 211 g/mol. The van der Waals surface area contributed by atoms with Crippen molar-refractivity contribution in [1.82, 2.24) is 25.1 Å². The summed E-state index contributed by atoms with van der Waals surface area (Å²) in [7, 11) is 0. The highest BCUT2D eigenvalue weighted by Crippen LogP contribution is 2.04. The molecule has 1 aromatic heterocycles. The van der Waals surface area contributed by atoms with Crippen LogP contribution in [0.15, 0.2) is 0 Å². The van der Waals surface area contributed by atoms with E-state index >= 15 is 0 Å². The molecule has 1 fully saturated rings. The van der Waals surface area contributed by atoms with Crippen molar-refractivity contribution in [3.8, 4) is 0 Å². The molecule has 1 aliphatic heterocycles. The van der Waals surface area contributed by atoms with Gasteiger partial charge in [0, 0.05) is 13.1 Å². The zero-order valence-electron chi connectivity index (χ0n) is 8.69. The van der Waals surface area contributed by atoms with Gasteiger partial charge in [-0.05, 0) is 19.5 Å². The van der Waals surface area contributed by atoms with Crippen LogP contribution in [-0.4, -0.2) is 46.0 Å². The molecule has 1 aromatic rings. The Hall–Kier alpha value is -1.34. The Morgan fingerprint density at radius 1 is 1.27 bits per heavy atom. The van der Waals surface area contributed by atoms with E-state index in [0.717, 1.165) is 38.4 Å². The molecule has 1 aliphatic rings. The Labute approximate surface area is 88.4 Å². The molecule has 5 N–H and O–H groups in total. The number of rotatable bonds is 2. The lowest BCUT2D eigenvalue weighted by molar-refractivity contribution is 0.275. The van der Waals surface area contributed by atoms with E-state index in [-0.39, 0.29) is 5.95 Å². The van der Waals surface area contributed by atoms with Crippen molar-refractivity contribution in [2.24, 2.45) is 0 Å². The van der Waals surface area contributed by atoms with E-state index in [1.165, 1.54) is 4.68 Å². The molecular weight excluding hydrogens is 194 g/mol. The van der Waals surface area contributed by atoms with E-state index in [0.29, 0.717) is 6.54 Å². The normalized spacial score (nSPS) is 18.9. The average Bonchev–Trinajstić information content (AvgIpc) is 2.50. The van der Waals surface area contributed by atoms with Gasteiger partial charge in [-0.25, -0.2) is 4.68 Å². The number of nitrogens with zero attached hydrogens (tertiary/aromatic N) is 4. The summed E-state index contributed by atoms with van der Waals surface area (Å²) in [5.41, 5.74) is 5.51. The van der Waals surface area contributed by atoms with Crippen LogP contribution >= 0.6 is 0 Å². The molecule has 0 aromatic carbocycles.